The number of rotatable bonds is 3. The summed E-state index contributed by atoms with van der Waals surface area (Å²) in [6, 6.07) is 1.29. The summed E-state index contributed by atoms with van der Waals surface area (Å²) in [5.41, 5.74) is 2.30. The number of nitrogens with zero attached hydrogens (tertiary/aromatic N) is 2. The third-order valence-corrected chi connectivity index (χ3v) is 3.96. The highest BCUT2D eigenvalue weighted by atomic mass is 16.5. The molecule has 4 heteroatoms. The summed E-state index contributed by atoms with van der Waals surface area (Å²) in [4.78, 5) is 2.53. The standard InChI is InChI=1S/C13H23N3O/c1-9-7-12(14-4)5-6-16(9)8-13-10(2)15-17-11(13)3/h9,12,14H,5-8H2,1-4H3. The van der Waals surface area contributed by atoms with Gasteiger partial charge in [-0.05, 0) is 40.7 Å². The Kier molecular flexibility index (Phi) is 3.84. The molecule has 96 valence electrons. The Bertz CT molecular complexity index is 355. The average molecular weight is 237 g/mol. The molecule has 1 aromatic heterocycles. The van der Waals surface area contributed by atoms with Crippen molar-refractivity contribution in [2.45, 2.75) is 52.2 Å². The summed E-state index contributed by atoms with van der Waals surface area (Å²) in [6.07, 6.45) is 2.45. The van der Waals surface area contributed by atoms with E-state index in [0.29, 0.717) is 12.1 Å². The third kappa shape index (κ3) is 2.69. The van der Waals surface area contributed by atoms with Crippen LogP contribution in [0, 0.1) is 13.8 Å². The van der Waals surface area contributed by atoms with Crippen LogP contribution in [0.4, 0.5) is 0 Å². The first kappa shape index (κ1) is 12.6. The lowest BCUT2D eigenvalue weighted by Crippen LogP contribution is -2.46. The fraction of sp³-hybridized carbons (Fsp3) is 0.769. The van der Waals surface area contributed by atoms with Crippen LogP contribution in [0.2, 0.25) is 0 Å². The Hall–Kier alpha value is -0.870. The highest BCUT2D eigenvalue weighted by molar-refractivity contribution is 5.20. The molecule has 2 rings (SSSR count). The molecule has 1 fully saturated rings. The van der Waals surface area contributed by atoms with Crippen molar-refractivity contribution in [3.63, 3.8) is 0 Å². The number of nitrogens with one attached hydrogen (secondary N) is 1. The van der Waals surface area contributed by atoms with Crippen molar-refractivity contribution >= 4 is 0 Å². The molecule has 17 heavy (non-hydrogen) atoms. The van der Waals surface area contributed by atoms with Crippen LogP contribution in [0.5, 0.6) is 0 Å². The number of aromatic nitrogens is 1. The van der Waals surface area contributed by atoms with E-state index in [1.165, 1.54) is 18.4 Å². The second-order valence-corrected chi connectivity index (χ2v) is 5.13. The minimum atomic E-state index is 0.620. The van der Waals surface area contributed by atoms with Crippen LogP contribution < -0.4 is 5.32 Å². The zero-order valence-electron chi connectivity index (χ0n) is 11.3. The van der Waals surface area contributed by atoms with Crippen molar-refractivity contribution in [3.05, 3.63) is 17.0 Å². The normalized spacial score (nSPS) is 26.4. The van der Waals surface area contributed by atoms with Crippen LogP contribution in [0.1, 0.15) is 36.8 Å². The van der Waals surface area contributed by atoms with E-state index >= 15 is 0 Å². The van der Waals surface area contributed by atoms with Gasteiger partial charge in [0.15, 0.2) is 0 Å². The zero-order chi connectivity index (χ0) is 12.4. The van der Waals surface area contributed by atoms with Crippen molar-refractivity contribution in [1.29, 1.82) is 0 Å². The molecule has 0 aliphatic carbocycles. The van der Waals surface area contributed by atoms with Gasteiger partial charge < -0.3 is 9.84 Å². The summed E-state index contributed by atoms with van der Waals surface area (Å²) < 4.78 is 5.23. The van der Waals surface area contributed by atoms with Crippen LogP contribution in [-0.2, 0) is 6.54 Å². The molecule has 2 heterocycles. The molecule has 0 amide bonds. The first-order chi connectivity index (χ1) is 8.11. The van der Waals surface area contributed by atoms with Gasteiger partial charge in [-0.3, -0.25) is 4.90 Å². The number of hydrogen-bond acceptors (Lipinski definition) is 4. The van der Waals surface area contributed by atoms with Crippen molar-refractivity contribution in [3.8, 4) is 0 Å². The lowest BCUT2D eigenvalue weighted by atomic mass is 9.97. The fourth-order valence-electron chi connectivity index (χ4n) is 2.65. The van der Waals surface area contributed by atoms with E-state index in [1.807, 2.05) is 13.8 Å². The Morgan fingerprint density at radius 2 is 2.24 bits per heavy atom. The lowest BCUT2D eigenvalue weighted by molar-refractivity contribution is 0.130. The summed E-state index contributed by atoms with van der Waals surface area (Å²) in [5.74, 6) is 0.963. The van der Waals surface area contributed by atoms with Gasteiger partial charge in [0.25, 0.3) is 0 Å². The number of likely N-dealkylation sites (tertiary alicyclic amines) is 1. The molecule has 1 aliphatic heterocycles. The van der Waals surface area contributed by atoms with Crippen LogP contribution in [0.25, 0.3) is 0 Å². The number of piperidine rings is 1. The number of hydrogen-bond donors (Lipinski definition) is 1. The summed E-state index contributed by atoms with van der Waals surface area (Å²) in [7, 11) is 2.06. The van der Waals surface area contributed by atoms with Crippen molar-refractivity contribution < 1.29 is 4.52 Å². The largest absolute Gasteiger partial charge is 0.361 e. The minimum absolute atomic E-state index is 0.620. The molecule has 0 bridgehead atoms. The second kappa shape index (κ2) is 5.19. The predicted octanol–water partition coefficient (Wildman–Crippen LogP) is 1.86. The maximum Gasteiger partial charge on any atom is 0.138 e. The average Bonchev–Trinajstić information content (AvgIpc) is 2.63. The third-order valence-electron chi connectivity index (χ3n) is 3.96. The van der Waals surface area contributed by atoms with Gasteiger partial charge in [-0.15, -0.1) is 0 Å². The van der Waals surface area contributed by atoms with Gasteiger partial charge in [0.2, 0.25) is 0 Å². The van der Waals surface area contributed by atoms with E-state index in [2.05, 4.69) is 29.3 Å². The molecule has 2 unspecified atom stereocenters. The molecule has 4 nitrogen and oxygen atoms in total. The van der Waals surface area contributed by atoms with Gasteiger partial charge >= 0.3 is 0 Å². The monoisotopic (exact) mass is 237 g/mol. The van der Waals surface area contributed by atoms with E-state index in [-0.39, 0.29) is 0 Å². The molecule has 1 aromatic rings. The molecule has 0 aromatic carbocycles. The Balaban J connectivity index is 2.00. The highest BCUT2D eigenvalue weighted by Gasteiger charge is 2.25. The molecular weight excluding hydrogens is 214 g/mol. The summed E-state index contributed by atoms with van der Waals surface area (Å²) in [5, 5.41) is 7.40. The minimum Gasteiger partial charge on any atom is -0.361 e. The first-order valence-corrected chi connectivity index (χ1v) is 6.45. The number of aryl methyl sites for hydroxylation is 2. The van der Waals surface area contributed by atoms with Gasteiger partial charge in [0, 0.05) is 30.7 Å². The topological polar surface area (TPSA) is 41.3 Å². The Morgan fingerprint density at radius 3 is 2.76 bits per heavy atom. The smallest absolute Gasteiger partial charge is 0.138 e. The Labute approximate surface area is 103 Å². The SMILES string of the molecule is CNC1CCN(Cc2c(C)noc2C)C(C)C1. The summed E-state index contributed by atoms with van der Waals surface area (Å²) >= 11 is 0. The molecule has 0 saturated carbocycles. The summed E-state index contributed by atoms with van der Waals surface area (Å²) in [6.45, 7) is 8.45. The van der Waals surface area contributed by atoms with Gasteiger partial charge in [-0.2, -0.15) is 0 Å². The molecule has 0 spiro atoms. The van der Waals surface area contributed by atoms with Crippen molar-refractivity contribution in [1.82, 2.24) is 15.4 Å². The van der Waals surface area contributed by atoms with E-state index < -0.39 is 0 Å². The van der Waals surface area contributed by atoms with Crippen LogP contribution in [0.15, 0.2) is 4.52 Å². The molecule has 1 N–H and O–H groups in total. The van der Waals surface area contributed by atoms with E-state index in [9.17, 15) is 0 Å². The molecule has 1 saturated heterocycles. The highest BCUT2D eigenvalue weighted by Crippen LogP contribution is 2.22. The molecule has 1 aliphatic rings. The van der Waals surface area contributed by atoms with Crippen LogP contribution >= 0.6 is 0 Å². The predicted molar refractivity (Wildman–Crippen MR) is 67.9 cm³/mol. The van der Waals surface area contributed by atoms with Crippen LogP contribution in [0.3, 0.4) is 0 Å². The van der Waals surface area contributed by atoms with E-state index in [4.69, 9.17) is 4.52 Å². The zero-order valence-corrected chi connectivity index (χ0v) is 11.3. The van der Waals surface area contributed by atoms with Crippen LogP contribution in [-0.4, -0.2) is 35.7 Å². The quantitative estimate of drug-likeness (QED) is 0.871. The Morgan fingerprint density at radius 1 is 1.47 bits per heavy atom. The second-order valence-electron chi connectivity index (χ2n) is 5.13. The molecule has 0 radical (unpaired) electrons. The fourth-order valence-corrected chi connectivity index (χ4v) is 2.65. The van der Waals surface area contributed by atoms with Gasteiger partial charge in [-0.25, -0.2) is 0 Å². The first-order valence-electron chi connectivity index (χ1n) is 6.45. The van der Waals surface area contributed by atoms with Gasteiger partial charge in [0.1, 0.15) is 5.76 Å². The van der Waals surface area contributed by atoms with Crippen molar-refractivity contribution in [2.24, 2.45) is 0 Å². The molecular formula is C13H23N3O. The lowest BCUT2D eigenvalue weighted by Gasteiger charge is -2.37. The van der Waals surface area contributed by atoms with Gasteiger partial charge in [-0.1, -0.05) is 5.16 Å². The van der Waals surface area contributed by atoms with Crippen molar-refractivity contribution in [2.75, 3.05) is 13.6 Å². The maximum atomic E-state index is 5.23. The maximum absolute atomic E-state index is 5.23. The molecule has 2 atom stereocenters. The van der Waals surface area contributed by atoms with E-state index in [0.717, 1.165) is 24.5 Å². The van der Waals surface area contributed by atoms with Gasteiger partial charge in [0.05, 0.1) is 5.69 Å². The van der Waals surface area contributed by atoms with E-state index in [1.54, 1.807) is 0 Å².